The molecular weight excluding hydrogens is 337 g/mol. The molecule has 0 aliphatic heterocycles. The highest BCUT2D eigenvalue weighted by molar-refractivity contribution is 6.97. The van der Waals surface area contributed by atoms with Gasteiger partial charge in [-0.3, -0.25) is 4.99 Å². The molecule has 0 N–H and O–H groups in total. The van der Waals surface area contributed by atoms with E-state index in [1.54, 1.807) is 0 Å². The predicted molar refractivity (Wildman–Crippen MR) is 126 cm³/mol. The zero-order valence-corrected chi connectivity index (χ0v) is 18.2. The van der Waals surface area contributed by atoms with Gasteiger partial charge in [-0.2, -0.15) is 0 Å². The maximum Gasteiger partial charge on any atom is 0.243 e. The summed E-state index contributed by atoms with van der Waals surface area (Å²) >= 11 is 0. The third-order valence-electron chi connectivity index (χ3n) is 5.63. The smallest absolute Gasteiger partial charge is 0.243 e. The SMILES string of the molecule is CN=Cc1ccccc1B(c1c(C)cc(C)cc1C)c1c(C)cc(C)cc1C. The Morgan fingerprint density at radius 3 is 1.54 bits per heavy atom. The van der Waals surface area contributed by atoms with Crippen molar-refractivity contribution < 1.29 is 0 Å². The number of nitrogens with zero attached hydrogens (tertiary/aromatic N) is 1. The first-order valence-electron chi connectivity index (χ1n) is 10.00. The van der Waals surface area contributed by atoms with Crippen LogP contribution in [-0.4, -0.2) is 20.0 Å². The first-order chi connectivity index (χ1) is 13.3. The van der Waals surface area contributed by atoms with Crippen molar-refractivity contribution in [3.63, 3.8) is 0 Å². The van der Waals surface area contributed by atoms with E-state index < -0.39 is 0 Å². The van der Waals surface area contributed by atoms with E-state index in [1.807, 2.05) is 13.3 Å². The summed E-state index contributed by atoms with van der Waals surface area (Å²) < 4.78 is 0. The summed E-state index contributed by atoms with van der Waals surface area (Å²) in [5, 5.41) is 0. The van der Waals surface area contributed by atoms with E-state index in [0.29, 0.717) is 0 Å². The second-order valence-electron chi connectivity index (χ2n) is 8.07. The molecular formula is C26H30BN. The van der Waals surface area contributed by atoms with Gasteiger partial charge in [0.2, 0.25) is 6.71 Å². The van der Waals surface area contributed by atoms with Gasteiger partial charge in [-0.1, -0.05) is 98.3 Å². The van der Waals surface area contributed by atoms with E-state index >= 15 is 0 Å². The van der Waals surface area contributed by atoms with Crippen molar-refractivity contribution in [3.05, 3.63) is 87.5 Å². The maximum atomic E-state index is 4.33. The molecule has 28 heavy (non-hydrogen) atoms. The molecule has 0 spiro atoms. The fourth-order valence-electron chi connectivity index (χ4n) is 4.78. The lowest BCUT2D eigenvalue weighted by Crippen LogP contribution is -2.56. The summed E-state index contributed by atoms with van der Waals surface area (Å²) in [6, 6.07) is 17.9. The Hall–Kier alpha value is -2.61. The van der Waals surface area contributed by atoms with Gasteiger partial charge < -0.3 is 0 Å². The minimum absolute atomic E-state index is 0.190. The summed E-state index contributed by atoms with van der Waals surface area (Å²) in [6.45, 7) is 13.5. The molecule has 0 aliphatic carbocycles. The topological polar surface area (TPSA) is 12.4 Å². The molecule has 0 saturated carbocycles. The van der Waals surface area contributed by atoms with Crippen LogP contribution in [0.1, 0.15) is 38.9 Å². The average molecular weight is 367 g/mol. The van der Waals surface area contributed by atoms with E-state index in [9.17, 15) is 0 Å². The first-order valence-corrected chi connectivity index (χ1v) is 10.00. The standard InChI is InChI=1S/C26H30BN/c1-17-12-19(3)25(20(4)13-17)27(24-11-9-8-10-23(24)16-28-7)26-21(5)14-18(2)15-22(26)6/h8-16H,1-7H3. The minimum atomic E-state index is 0.190. The molecule has 0 saturated heterocycles. The van der Waals surface area contributed by atoms with Gasteiger partial charge in [-0.15, -0.1) is 0 Å². The molecule has 0 heterocycles. The molecule has 2 heteroatoms. The van der Waals surface area contributed by atoms with E-state index in [-0.39, 0.29) is 6.71 Å². The van der Waals surface area contributed by atoms with Crippen LogP contribution in [-0.2, 0) is 0 Å². The van der Waals surface area contributed by atoms with E-state index in [2.05, 4.69) is 95.1 Å². The summed E-state index contributed by atoms with van der Waals surface area (Å²) in [7, 11) is 1.84. The van der Waals surface area contributed by atoms with Crippen LogP contribution < -0.4 is 16.4 Å². The Labute approximate surface area is 170 Å². The van der Waals surface area contributed by atoms with Crippen LogP contribution in [0.3, 0.4) is 0 Å². The van der Waals surface area contributed by atoms with Gasteiger partial charge >= 0.3 is 0 Å². The van der Waals surface area contributed by atoms with Crippen molar-refractivity contribution in [1.82, 2.24) is 0 Å². The highest BCUT2D eigenvalue weighted by Gasteiger charge is 2.29. The predicted octanol–water partition coefficient (Wildman–Crippen LogP) is 4.10. The number of aliphatic imine (C=N–C) groups is 1. The normalized spacial score (nSPS) is 11.2. The van der Waals surface area contributed by atoms with Gasteiger partial charge in [0.25, 0.3) is 0 Å². The van der Waals surface area contributed by atoms with E-state index in [0.717, 1.165) is 0 Å². The molecule has 0 unspecified atom stereocenters. The fraction of sp³-hybridized carbons (Fsp3) is 0.269. The minimum Gasteiger partial charge on any atom is -0.296 e. The molecule has 1 nitrogen and oxygen atoms in total. The Morgan fingerprint density at radius 2 is 1.11 bits per heavy atom. The van der Waals surface area contributed by atoms with Crippen molar-refractivity contribution in [2.24, 2.45) is 4.99 Å². The van der Waals surface area contributed by atoms with E-state index in [4.69, 9.17) is 0 Å². The van der Waals surface area contributed by atoms with Crippen LogP contribution in [0.4, 0.5) is 0 Å². The van der Waals surface area contributed by atoms with Crippen molar-refractivity contribution in [3.8, 4) is 0 Å². The fourth-order valence-corrected chi connectivity index (χ4v) is 4.78. The number of hydrogen-bond acceptors (Lipinski definition) is 1. The molecule has 3 aromatic rings. The van der Waals surface area contributed by atoms with E-state index in [1.165, 1.54) is 55.3 Å². The molecule has 0 atom stereocenters. The number of hydrogen-bond donors (Lipinski definition) is 0. The van der Waals surface area contributed by atoms with Gasteiger partial charge in [0.1, 0.15) is 0 Å². The Kier molecular flexibility index (Phi) is 5.88. The Morgan fingerprint density at radius 1 is 0.679 bits per heavy atom. The van der Waals surface area contributed by atoms with Crippen molar-refractivity contribution in [2.75, 3.05) is 7.05 Å². The van der Waals surface area contributed by atoms with Crippen molar-refractivity contribution in [1.29, 1.82) is 0 Å². The first kappa shape index (κ1) is 20.1. The molecule has 3 rings (SSSR count). The lowest BCUT2D eigenvalue weighted by atomic mass is 9.33. The summed E-state index contributed by atoms with van der Waals surface area (Å²) in [4.78, 5) is 4.33. The second kappa shape index (κ2) is 8.18. The molecule has 0 aromatic heterocycles. The van der Waals surface area contributed by atoms with Gasteiger partial charge in [-0.05, 0) is 47.1 Å². The Bertz CT molecular complexity index is 943. The number of aryl methyl sites for hydroxylation is 6. The monoisotopic (exact) mass is 367 g/mol. The molecule has 0 amide bonds. The van der Waals surface area contributed by atoms with Crippen LogP contribution in [0.5, 0.6) is 0 Å². The van der Waals surface area contributed by atoms with Crippen LogP contribution in [0.15, 0.2) is 53.5 Å². The summed E-state index contributed by atoms with van der Waals surface area (Å²) in [5.41, 5.74) is 13.4. The zero-order chi connectivity index (χ0) is 20.4. The number of rotatable bonds is 4. The van der Waals surface area contributed by atoms with Gasteiger partial charge in [0.15, 0.2) is 0 Å². The molecule has 0 radical (unpaired) electrons. The third-order valence-corrected chi connectivity index (χ3v) is 5.63. The van der Waals surface area contributed by atoms with Gasteiger partial charge in [0, 0.05) is 13.3 Å². The largest absolute Gasteiger partial charge is 0.296 e. The quantitative estimate of drug-likeness (QED) is 0.486. The van der Waals surface area contributed by atoms with Gasteiger partial charge in [-0.25, -0.2) is 0 Å². The van der Waals surface area contributed by atoms with Crippen LogP contribution in [0, 0.1) is 41.5 Å². The molecule has 0 fully saturated rings. The number of benzene rings is 3. The third kappa shape index (κ3) is 3.82. The van der Waals surface area contributed by atoms with Crippen LogP contribution in [0.25, 0.3) is 0 Å². The highest BCUT2D eigenvalue weighted by Crippen LogP contribution is 2.13. The lowest BCUT2D eigenvalue weighted by molar-refractivity contribution is 1.34. The average Bonchev–Trinajstić information content (AvgIpc) is 2.59. The van der Waals surface area contributed by atoms with Crippen LogP contribution >= 0.6 is 0 Å². The molecule has 3 aromatic carbocycles. The maximum absolute atomic E-state index is 4.33. The second-order valence-corrected chi connectivity index (χ2v) is 8.07. The van der Waals surface area contributed by atoms with Crippen molar-refractivity contribution in [2.45, 2.75) is 41.5 Å². The summed E-state index contributed by atoms with van der Waals surface area (Å²) in [5.74, 6) is 0. The highest BCUT2D eigenvalue weighted by atomic mass is 14.6. The lowest BCUT2D eigenvalue weighted by Gasteiger charge is -2.25. The molecule has 0 aliphatic rings. The molecule has 0 bridgehead atoms. The zero-order valence-electron chi connectivity index (χ0n) is 18.2. The van der Waals surface area contributed by atoms with Gasteiger partial charge in [0.05, 0.1) is 0 Å². The van der Waals surface area contributed by atoms with Crippen molar-refractivity contribution >= 4 is 29.3 Å². The van der Waals surface area contributed by atoms with Crippen LogP contribution in [0.2, 0.25) is 0 Å². The summed E-state index contributed by atoms with van der Waals surface area (Å²) in [6.07, 6.45) is 1.99. The Balaban J connectivity index is 2.41. The molecule has 142 valence electrons.